The summed E-state index contributed by atoms with van der Waals surface area (Å²) < 4.78 is 122. The van der Waals surface area contributed by atoms with Crippen LogP contribution in [-0.2, 0) is 16.2 Å². The lowest BCUT2D eigenvalue weighted by atomic mass is 9.74. The Labute approximate surface area is 217 Å². The molecule has 2 fully saturated rings. The Balaban J connectivity index is 0.00000481. The molecule has 2 aliphatic rings. The minimum Gasteiger partial charge on any atom is -0.295 e. The van der Waals surface area contributed by atoms with Crippen LogP contribution in [0, 0.1) is 11.6 Å². The number of alkyl halides is 5. The van der Waals surface area contributed by atoms with Gasteiger partial charge in [-0.3, -0.25) is 9.69 Å². The van der Waals surface area contributed by atoms with E-state index in [1.165, 1.54) is 4.31 Å². The van der Waals surface area contributed by atoms with Gasteiger partial charge in [-0.15, -0.1) is 12.4 Å². The Morgan fingerprint density at radius 3 is 2.08 bits per heavy atom. The number of benzene rings is 1. The smallest absolute Gasteiger partial charge is 0.295 e. The highest BCUT2D eigenvalue weighted by atomic mass is 35.5. The Hall–Kier alpha value is -1.44. The molecular weight excluding hydrogens is 553 g/mol. The molecule has 0 N–H and O–H groups in total. The van der Waals surface area contributed by atoms with Crippen molar-refractivity contribution in [1.82, 2.24) is 9.21 Å². The first-order valence-electron chi connectivity index (χ1n) is 11.8. The lowest BCUT2D eigenvalue weighted by Crippen LogP contribution is -2.60. The summed E-state index contributed by atoms with van der Waals surface area (Å²) in [4.78, 5) is 14.6. The maximum Gasteiger partial charge on any atom is 0.419 e. The average molecular weight is 583 g/mol. The van der Waals surface area contributed by atoms with E-state index >= 15 is 0 Å². The number of hydrogen-bond acceptors (Lipinski definition) is 4. The van der Waals surface area contributed by atoms with Gasteiger partial charge in [0, 0.05) is 51.0 Å². The largest absolute Gasteiger partial charge is 0.419 e. The highest BCUT2D eigenvalue weighted by Gasteiger charge is 2.48. The number of ketones is 1. The fraction of sp³-hybridized carbons (Fsp3) is 0.696. The van der Waals surface area contributed by atoms with Crippen molar-refractivity contribution >= 4 is 28.2 Å². The second-order valence-corrected chi connectivity index (χ2v) is 11.6. The zero-order valence-electron chi connectivity index (χ0n) is 20.2. The predicted molar refractivity (Wildman–Crippen MR) is 126 cm³/mol. The summed E-state index contributed by atoms with van der Waals surface area (Å²) in [5, 5.41) is 0. The molecule has 1 saturated heterocycles. The van der Waals surface area contributed by atoms with E-state index in [2.05, 4.69) is 0 Å². The number of nitrogens with zero attached hydrogens (tertiary/aromatic N) is 2. The normalized spacial score (nSPS) is 20.9. The van der Waals surface area contributed by atoms with Gasteiger partial charge in [-0.25, -0.2) is 26.0 Å². The van der Waals surface area contributed by atoms with E-state index in [4.69, 9.17) is 0 Å². The molecule has 14 heteroatoms. The van der Waals surface area contributed by atoms with Gasteiger partial charge in [0.2, 0.25) is 15.9 Å². The van der Waals surface area contributed by atoms with Crippen LogP contribution in [0.15, 0.2) is 12.1 Å². The Morgan fingerprint density at radius 2 is 1.57 bits per heavy atom. The molecule has 212 valence electrons. The van der Waals surface area contributed by atoms with E-state index < -0.39 is 75.5 Å². The van der Waals surface area contributed by atoms with Gasteiger partial charge in [0.15, 0.2) is 5.78 Å². The number of carbonyl (C=O) groups excluding carboxylic acids is 1. The van der Waals surface area contributed by atoms with Crippen LogP contribution in [0.4, 0.5) is 30.7 Å². The zero-order chi connectivity index (χ0) is 26.9. The third-order valence-electron chi connectivity index (χ3n) is 7.17. The van der Waals surface area contributed by atoms with Gasteiger partial charge in [0.25, 0.3) is 0 Å². The van der Waals surface area contributed by atoms with E-state index in [9.17, 15) is 43.9 Å². The summed E-state index contributed by atoms with van der Waals surface area (Å²) in [6.07, 6.45) is -6.38. The Morgan fingerprint density at radius 1 is 1.00 bits per heavy atom. The van der Waals surface area contributed by atoms with Crippen LogP contribution in [-0.4, -0.2) is 66.8 Å². The van der Waals surface area contributed by atoms with Gasteiger partial charge in [0.1, 0.15) is 11.6 Å². The van der Waals surface area contributed by atoms with Gasteiger partial charge in [-0.1, -0.05) is 6.92 Å². The van der Waals surface area contributed by atoms with Crippen LogP contribution >= 0.6 is 12.4 Å². The molecule has 1 aliphatic carbocycles. The third-order valence-corrected chi connectivity index (χ3v) is 9.25. The topological polar surface area (TPSA) is 57.7 Å². The van der Waals surface area contributed by atoms with Crippen molar-refractivity contribution in [2.75, 3.05) is 31.9 Å². The molecule has 3 rings (SSSR count). The van der Waals surface area contributed by atoms with E-state index in [0.29, 0.717) is 12.5 Å². The van der Waals surface area contributed by atoms with Gasteiger partial charge in [-0.05, 0) is 37.8 Å². The Kier molecular flexibility index (Phi) is 10.1. The molecule has 1 aromatic rings. The number of carbonyl (C=O) groups is 1. The summed E-state index contributed by atoms with van der Waals surface area (Å²) in [6.45, 7) is 2.43. The molecule has 0 spiro atoms. The molecule has 5 nitrogen and oxygen atoms in total. The number of piperazine rings is 1. The maximum absolute atomic E-state index is 14.5. The number of rotatable bonds is 8. The highest BCUT2D eigenvalue weighted by molar-refractivity contribution is 7.89. The second-order valence-electron chi connectivity index (χ2n) is 9.49. The van der Waals surface area contributed by atoms with Crippen molar-refractivity contribution < 1.29 is 43.9 Å². The van der Waals surface area contributed by atoms with Crippen molar-refractivity contribution in [2.45, 2.75) is 69.5 Å². The van der Waals surface area contributed by atoms with Crippen molar-refractivity contribution in [1.29, 1.82) is 0 Å². The SMILES string of the molecule is CCCS(=O)(=O)N1CCN(C2(CCC(=O)c3c(F)ccc(C(F)(F)F)c3F)CCC(F)(F)CC2)CC1.Cl. The first-order valence-corrected chi connectivity index (χ1v) is 13.4. The maximum atomic E-state index is 14.5. The average Bonchev–Trinajstić information content (AvgIpc) is 2.78. The summed E-state index contributed by atoms with van der Waals surface area (Å²) >= 11 is 0. The summed E-state index contributed by atoms with van der Waals surface area (Å²) in [5.41, 5.74) is -4.02. The van der Waals surface area contributed by atoms with Crippen molar-refractivity contribution in [3.8, 4) is 0 Å². The molecule has 1 aromatic carbocycles. The first kappa shape index (κ1) is 31.8. The van der Waals surface area contributed by atoms with E-state index in [1.807, 2.05) is 4.90 Å². The number of halogens is 8. The second kappa shape index (κ2) is 11.7. The molecule has 1 saturated carbocycles. The number of hydrogen-bond donors (Lipinski definition) is 0. The lowest BCUT2D eigenvalue weighted by Gasteiger charge is -2.51. The minimum absolute atomic E-state index is 0. The van der Waals surface area contributed by atoms with Gasteiger partial charge in [0.05, 0.1) is 16.9 Å². The fourth-order valence-electron chi connectivity index (χ4n) is 5.13. The Bertz CT molecular complexity index is 1060. The minimum atomic E-state index is -5.12. The lowest BCUT2D eigenvalue weighted by molar-refractivity contribution is -0.140. The molecule has 0 aromatic heterocycles. The molecule has 0 atom stereocenters. The summed E-state index contributed by atoms with van der Waals surface area (Å²) in [6, 6.07) is 0.601. The number of sulfonamides is 1. The summed E-state index contributed by atoms with van der Waals surface area (Å²) in [7, 11) is -3.46. The van der Waals surface area contributed by atoms with E-state index in [-0.39, 0.29) is 69.7 Å². The molecule has 37 heavy (non-hydrogen) atoms. The standard InChI is InChI=1S/C23H29F7N2O3S.ClH/c1-2-15-36(34,35)32-13-11-31(12-14-32)21(7-9-22(26,27)10-8-21)6-5-18(33)19-17(24)4-3-16(20(19)25)23(28,29)30;/h3-4H,2,5-15H2,1H3;1H. The van der Waals surface area contributed by atoms with Gasteiger partial charge >= 0.3 is 6.18 Å². The van der Waals surface area contributed by atoms with Crippen molar-refractivity contribution in [3.63, 3.8) is 0 Å². The monoisotopic (exact) mass is 582 g/mol. The molecule has 0 unspecified atom stereocenters. The van der Waals surface area contributed by atoms with Crippen LogP contribution < -0.4 is 0 Å². The van der Waals surface area contributed by atoms with Crippen LogP contribution in [0.1, 0.15) is 67.8 Å². The van der Waals surface area contributed by atoms with E-state index in [1.54, 1.807) is 6.92 Å². The van der Waals surface area contributed by atoms with Crippen molar-refractivity contribution in [2.24, 2.45) is 0 Å². The van der Waals surface area contributed by atoms with Crippen LogP contribution in [0.3, 0.4) is 0 Å². The molecule has 0 bridgehead atoms. The molecular formula is C23H30ClF7N2O3S. The molecule has 1 heterocycles. The molecule has 0 amide bonds. The first-order chi connectivity index (χ1) is 16.6. The quantitative estimate of drug-likeness (QED) is 0.293. The van der Waals surface area contributed by atoms with Crippen LogP contribution in [0.25, 0.3) is 0 Å². The van der Waals surface area contributed by atoms with Crippen LogP contribution in [0.2, 0.25) is 0 Å². The fourth-order valence-corrected chi connectivity index (χ4v) is 6.63. The third kappa shape index (κ3) is 7.15. The van der Waals surface area contributed by atoms with Crippen molar-refractivity contribution in [3.05, 3.63) is 34.9 Å². The van der Waals surface area contributed by atoms with Gasteiger partial charge in [-0.2, -0.15) is 17.5 Å². The molecule has 1 aliphatic heterocycles. The predicted octanol–water partition coefficient (Wildman–Crippen LogP) is 5.67. The van der Waals surface area contributed by atoms with Gasteiger partial charge < -0.3 is 0 Å². The van der Waals surface area contributed by atoms with Crippen LogP contribution in [0.5, 0.6) is 0 Å². The summed E-state index contributed by atoms with van der Waals surface area (Å²) in [5.74, 6) is -7.54. The molecule has 0 radical (unpaired) electrons. The highest BCUT2D eigenvalue weighted by Crippen LogP contribution is 2.45. The van der Waals surface area contributed by atoms with E-state index in [0.717, 1.165) is 0 Å². The zero-order valence-corrected chi connectivity index (χ0v) is 21.9. The number of Topliss-reactive ketones (excluding diaryl/α,β-unsaturated/α-hetero) is 1.